The molecule has 6 nitrogen and oxygen atoms in total. The minimum atomic E-state index is 0.0273. The van der Waals surface area contributed by atoms with Crippen molar-refractivity contribution in [3.63, 3.8) is 0 Å². The summed E-state index contributed by atoms with van der Waals surface area (Å²) in [4.78, 5) is 18.8. The van der Waals surface area contributed by atoms with E-state index in [1.807, 2.05) is 21.8 Å². The topological polar surface area (TPSA) is 60.2 Å². The van der Waals surface area contributed by atoms with Gasteiger partial charge in [0.25, 0.3) is 5.91 Å². The predicted molar refractivity (Wildman–Crippen MR) is 79.3 cm³/mol. The zero-order valence-electron chi connectivity index (χ0n) is 12.2. The lowest BCUT2D eigenvalue weighted by atomic mass is 10.0. The number of amides is 1. The molecule has 2 aliphatic rings. The Balaban J connectivity index is 1.64. The number of carbonyl (C=O) groups excluding carboxylic acids is 1. The van der Waals surface area contributed by atoms with Crippen LogP contribution < -0.4 is 0 Å². The van der Waals surface area contributed by atoms with Gasteiger partial charge in [-0.25, -0.2) is 0 Å². The lowest BCUT2D eigenvalue weighted by Crippen LogP contribution is -2.43. The molecule has 1 amide bonds. The zero-order chi connectivity index (χ0) is 14.9. The van der Waals surface area contributed by atoms with Crippen LogP contribution in [0.5, 0.6) is 0 Å². The first kappa shape index (κ1) is 13.5. The molecule has 6 heteroatoms. The SMILES string of the molecule is O=C(c1ccncc1)N1C[C@@H](n2cccn2)[C@H]2OCCC[C@H]21. The Bertz CT molecular complexity index is 643. The van der Waals surface area contributed by atoms with Crippen LogP contribution in [0.25, 0.3) is 0 Å². The van der Waals surface area contributed by atoms with E-state index in [9.17, 15) is 4.79 Å². The summed E-state index contributed by atoms with van der Waals surface area (Å²) in [6, 6.07) is 5.66. The first-order chi connectivity index (χ1) is 10.8. The highest BCUT2D eigenvalue weighted by Crippen LogP contribution is 2.36. The van der Waals surface area contributed by atoms with Gasteiger partial charge in [0, 0.05) is 43.5 Å². The van der Waals surface area contributed by atoms with E-state index in [2.05, 4.69) is 10.1 Å². The molecular formula is C16H18N4O2. The minimum Gasteiger partial charge on any atom is -0.374 e. The predicted octanol–water partition coefficient (Wildman–Crippen LogP) is 1.52. The standard InChI is InChI=1S/C16H18N4O2/c21-16(12-4-7-17-8-5-12)19-11-14(20-9-2-6-18-20)15-13(19)3-1-10-22-15/h2,4-9,13-15H,1,3,10-11H2/t13-,14-,15+/m1/s1. The van der Waals surface area contributed by atoms with Gasteiger partial charge in [-0.15, -0.1) is 0 Å². The molecule has 2 fully saturated rings. The number of pyridine rings is 1. The van der Waals surface area contributed by atoms with E-state index >= 15 is 0 Å². The van der Waals surface area contributed by atoms with Crippen molar-refractivity contribution in [3.8, 4) is 0 Å². The molecule has 0 saturated carbocycles. The fourth-order valence-electron chi connectivity index (χ4n) is 3.53. The van der Waals surface area contributed by atoms with Crippen LogP contribution >= 0.6 is 0 Å². The van der Waals surface area contributed by atoms with Crippen LogP contribution in [0.3, 0.4) is 0 Å². The van der Waals surface area contributed by atoms with Crippen molar-refractivity contribution in [2.45, 2.75) is 31.0 Å². The molecule has 22 heavy (non-hydrogen) atoms. The quantitative estimate of drug-likeness (QED) is 0.843. The van der Waals surface area contributed by atoms with Gasteiger partial charge >= 0.3 is 0 Å². The van der Waals surface area contributed by atoms with Crippen molar-refractivity contribution in [2.75, 3.05) is 13.2 Å². The smallest absolute Gasteiger partial charge is 0.254 e. The number of carbonyl (C=O) groups is 1. The lowest BCUT2D eigenvalue weighted by molar-refractivity contribution is -0.0247. The molecule has 114 valence electrons. The summed E-state index contributed by atoms with van der Waals surface area (Å²) in [5.74, 6) is 0.0533. The van der Waals surface area contributed by atoms with Crippen LogP contribution in [0, 0.1) is 0 Å². The first-order valence-corrected chi connectivity index (χ1v) is 7.66. The van der Waals surface area contributed by atoms with E-state index in [0.717, 1.165) is 19.4 Å². The van der Waals surface area contributed by atoms with Crippen LogP contribution in [0.15, 0.2) is 43.0 Å². The maximum atomic E-state index is 12.8. The number of rotatable bonds is 2. The molecule has 4 heterocycles. The molecule has 0 unspecified atom stereocenters. The maximum absolute atomic E-state index is 12.8. The summed E-state index contributed by atoms with van der Waals surface area (Å²) in [6.45, 7) is 1.40. The van der Waals surface area contributed by atoms with Gasteiger partial charge in [-0.2, -0.15) is 5.10 Å². The van der Waals surface area contributed by atoms with Gasteiger partial charge in [0.15, 0.2) is 0 Å². The Hall–Kier alpha value is -2.21. The average Bonchev–Trinajstić information content (AvgIpc) is 3.22. The van der Waals surface area contributed by atoms with Gasteiger partial charge in [-0.05, 0) is 31.0 Å². The number of fused-ring (bicyclic) bond motifs is 1. The van der Waals surface area contributed by atoms with E-state index in [4.69, 9.17) is 4.74 Å². The highest BCUT2D eigenvalue weighted by molar-refractivity contribution is 5.94. The normalized spacial score (nSPS) is 27.6. The van der Waals surface area contributed by atoms with Crippen molar-refractivity contribution < 1.29 is 9.53 Å². The highest BCUT2D eigenvalue weighted by Gasteiger charge is 2.47. The Morgan fingerprint density at radius 2 is 2.09 bits per heavy atom. The summed E-state index contributed by atoms with van der Waals surface area (Å²) in [7, 11) is 0. The molecule has 0 radical (unpaired) electrons. The van der Waals surface area contributed by atoms with Gasteiger partial charge in [0.1, 0.15) is 6.10 Å². The average molecular weight is 298 g/mol. The van der Waals surface area contributed by atoms with Crippen LogP contribution in [0.1, 0.15) is 29.2 Å². The molecule has 0 N–H and O–H groups in total. The number of ether oxygens (including phenoxy) is 1. The Morgan fingerprint density at radius 3 is 2.86 bits per heavy atom. The Morgan fingerprint density at radius 1 is 1.23 bits per heavy atom. The monoisotopic (exact) mass is 298 g/mol. The summed E-state index contributed by atoms with van der Waals surface area (Å²) < 4.78 is 7.91. The zero-order valence-corrected chi connectivity index (χ0v) is 12.2. The second kappa shape index (κ2) is 5.53. The second-order valence-corrected chi connectivity index (χ2v) is 5.79. The molecule has 2 aliphatic heterocycles. The van der Waals surface area contributed by atoms with E-state index in [-0.39, 0.29) is 24.1 Å². The number of hydrogen-bond donors (Lipinski definition) is 0. The van der Waals surface area contributed by atoms with Crippen LogP contribution in [0.4, 0.5) is 0 Å². The molecule has 2 saturated heterocycles. The molecule has 4 rings (SSSR count). The van der Waals surface area contributed by atoms with Crippen molar-refractivity contribution in [3.05, 3.63) is 48.5 Å². The summed E-state index contributed by atoms with van der Waals surface area (Å²) in [5, 5.41) is 4.34. The third-order valence-corrected chi connectivity index (χ3v) is 4.55. The van der Waals surface area contributed by atoms with Crippen LogP contribution in [-0.4, -0.2) is 50.9 Å². The molecule has 0 bridgehead atoms. The molecular weight excluding hydrogens is 280 g/mol. The molecule has 0 aliphatic carbocycles. The number of nitrogens with zero attached hydrogens (tertiary/aromatic N) is 4. The van der Waals surface area contributed by atoms with Gasteiger partial charge in [0.05, 0.1) is 12.1 Å². The largest absolute Gasteiger partial charge is 0.374 e. The van der Waals surface area contributed by atoms with Crippen LogP contribution in [0.2, 0.25) is 0 Å². The van der Waals surface area contributed by atoms with E-state index in [1.54, 1.807) is 30.7 Å². The van der Waals surface area contributed by atoms with E-state index in [1.165, 1.54) is 0 Å². The highest BCUT2D eigenvalue weighted by atomic mass is 16.5. The third kappa shape index (κ3) is 2.20. The van der Waals surface area contributed by atoms with Crippen molar-refractivity contribution in [1.29, 1.82) is 0 Å². The molecule has 3 atom stereocenters. The van der Waals surface area contributed by atoms with E-state index < -0.39 is 0 Å². The fourth-order valence-corrected chi connectivity index (χ4v) is 3.53. The van der Waals surface area contributed by atoms with Crippen LogP contribution in [-0.2, 0) is 4.74 Å². The lowest BCUT2D eigenvalue weighted by Gasteiger charge is -2.32. The third-order valence-electron chi connectivity index (χ3n) is 4.55. The minimum absolute atomic E-state index is 0.0273. The fraction of sp³-hybridized carbons (Fsp3) is 0.438. The molecule has 2 aromatic rings. The van der Waals surface area contributed by atoms with Crippen molar-refractivity contribution >= 4 is 5.91 Å². The maximum Gasteiger partial charge on any atom is 0.254 e. The first-order valence-electron chi connectivity index (χ1n) is 7.66. The van der Waals surface area contributed by atoms with Crippen molar-refractivity contribution in [1.82, 2.24) is 19.7 Å². The summed E-state index contributed by atoms with van der Waals surface area (Å²) >= 11 is 0. The number of likely N-dealkylation sites (tertiary alicyclic amines) is 1. The second-order valence-electron chi connectivity index (χ2n) is 5.79. The van der Waals surface area contributed by atoms with Gasteiger partial charge in [-0.3, -0.25) is 14.5 Å². The number of aromatic nitrogens is 3. The summed E-state index contributed by atoms with van der Waals surface area (Å²) in [5.41, 5.74) is 0.681. The number of hydrogen-bond acceptors (Lipinski definition) is 4. The van der Waals surface area contributed by atoms with Gasteiger partial charge < -0.3 is 9.64 Å². The van der Waals surface area contributed by atoms with E-state index in [0.29, 0.717) is 12.1 Å². The van der Waals surface area contributed by atoms with Crippen molar-refractivity contribution in [2.24, 2.45) is 0 Å². The molecule has 0 aromatic carbocycles. The van der Waals surface area contributed by atoms with Gasteiger partial charge in [0.2, 0.25) is 0 Å². The summed E-state index contributed by atoms with van der Waals surface area (Å²) in [6.07, 6.45) is 9.03. The Labute approximate surface area is 128 Å². The molecule has 2 aromatic heterocycles. The Kier molecular flexibility index (Phi) is 3.38. The molecule has 0 spiro atoms. The van der Waals surface area contributed by atoms with Gasteiger partial charge in [-0.1, -0.05) is 0 Å².